The van der Waals surface area contributed by atoms with Crippen LogP contribution >= 0.6 is 66.3 Å². The van der Waals surface area contributed by atoms with Crippen molar-refractivity contribution in [2.45, 2.75) is 13.8 Å². The number of thiophene rings is 2. The smallest absolute Gasteiger partial charge is 0.114 e. The van der Waals surface area contributed by atoms with Crippen molar-refractivity contribution in [2.24, 2.45) is 0 Å². The molecule has 0 atom stereocenters. The molecule has 0 fully saturated rings. The molecule has 0 radical (unpaired) electrons. The van der Waals surface area contributed by atoms with Crippen molar-refractivity contribution in [3.63, 3.8) is 0 Å². The third kappa shape index (κ3) is 8.12. The summed E-state index contributed by atoms with van der Waals surface area (Å²) in [5, 5.41) is 0. The van der Waals surface area contributed by atoms with Gasteiger partial charge in [0.05, 0.1) is 11.7 Å². The highest BCUT2D eigenvalue weighted by molar-refractivity contribution is 9.10. The molecule has 296 valence electrons. The number of rotatable bonds is 10. The van der Waals surface area contributed by atoms with E-state index in [0.29, 0.717) is 0 Å². The number of halogens is 2. The van der Waals surface area contributed by atoms with Gasteiger partial charge in [0.2, 0.25) is 0 Å². The fourth-order valence-electron chi connectivity index (χ4n) is 7.55. The van der Waals surface area contributed by atoms with Gasteiger partial charge in [0.25, 0.3) is 0 Å². The predicted octanol–water partition coefficient (Wildman–Crippen LogP) is 17.6. The molecule has 4 nitrogen and oxygen atoms in total. The molecular weight excluding hydrogens is 937 g/mol. The summed E-state index contributed by atoms with van der Waals surface area (Å²) >= 11 is 12.0. The summed E-state index contributed by atoms with van der Waals surface area (Å²) in [4.78, 5) is 9.35. The van der Waals surface area contributed by atoms with Gasteiger partial charge >= 0.3 is 0 Å². The number of anilines is 6. The summed E-state index contributed by atoms with van der Waals surface area (Å²) in [7, 11) is 0. The first-order chi connectivity index (χ1) is 29.8. The molecule has 0 N–H and O–H groups in total. The molecule has 10 rings (SSSR count). The fourth-order valence-corrected chi connectivity index (χ4v) is 10.7. The number of benzene rings is 7. The molecule has 9 heteroatoms. The van der Waals surface area contributed by atoms with E-state index in [1.54, 1.807) is 22.7 Å². The maximum Gasteiger partial charge on any atom is 0.114 e. The van der Waals surface area contributed by atoms with Gasteiger partial charge in [-0.15, -0.1) is 22.7 Å². The van der Waals surface area contributed by atoms with Gasteiger partial charge in [0, 0.05) is 73.7 Å². The second kappa shape index (κ2) is 17.0. The van der Waals surface area contributed by atoms with Crippen molar-refractivity contribution >= 4 is 111 Å². The highest BCUT2D eigenvalue weighted by Crippen LogP contribution is 2.44. The first-order valence-electron chi connectivity index (χ1n) is 19.8. The van der Waals surface area contributed by atoms with Crippen LogP contribution in [0.3, 0.4) is 0 Å². The van der Waals surface area contributed by atoms with Gasteiger partial charge in [-0.05, 0) is 146 Å². The molecule has 0 aliphatic heterocycles. The second-order valence-corrected chi connectivity index (χ2v) is 19.4. The third-order valence-corrected chi connectivity index (χ3v) is 14.7. The van der Waals surface area contributed by atoms with E-state index < -0.39 is 0 Å². The molecule has 3 heterocycles. The first-order valence-corrected chi connectivity index (χ1v) is 23.7. The topological polar surface area (TPSA) is 32.3 Å². The van der Waals surface area contributed by atoms with Crippen LogP contribution < -0.4 is 9.80 Å². The van der Waals surface area contributed by atoms with Crippen LogP contribution in [-0.4, -0.2) is 8.75 Å². The minimum atomic E-state index is 0.943. The Morgan fingerprint density at radius 1 is 0.344 bits per heavy atom. The number of hydrogen-bond donors (Lipinski definition) is 0. The molecule has 0 amide bonds. The second-order valence-electron chi connectivity index (χ2n) is 14.8. The van der Waals surface area contributed by atoms with E-state index in [-0.39, 0.29) is 0 Å². The third-order valence-electron chi connectivity index (χ3n) is 10.7. The lowest BCUT2D eigenvalue weighted by molar-refractivity contribution is 1.27. The number of aryl methyl sites for hydroxylation is 2. The fraction of sp³-hybridized carbons (Fsp3) is 0.0385. The van der Waals surface area contributed by atoms with E-state index in [4.69, 9.17) is 8.75 Å². The monoisotopic (exact) mass is 970 g/mol. The summed E-state index contributed by atoms with van der Waals surface area (Å²) in [6.45, 7) is 4.24. The Bertz CT molecular complexity index is 2800. The van der Waals surface area contributed by atoms with Crippen molar-refractivity contribution in [1.29, 1.82) is 0 Å². The molecule has 0 bridgehead atoms. The van der Waals surface area contributed by atoms with Crippen LogP contribution in [0.1, 0.15) is 11.1 Å². The van der Waals surface area contributed by atoms with Gasteiger partial charge in [-0.1, -0.05) is 104 Å². The minimum absolute atomic E-state index is 0.943. The molecule has 61 heavy (non-hydrogen) atoms. The van der Waals surface area contributed by atoms with Gasteiger partial charge < -0.3 is 9.80 Å². The maximum absolute atomic E-state index is 4.84. The van der Waals surface area contributed by atoms with Gasteiger partial charge in [-0.3, -0.25) is 0 Å². The zero-order valence-electron chi connectivity index (χ0n) is 33.1. The van der Waals surface area contributed by atoms with Crippen molar-refractivity contribution in [2.75, 3.05) is 9.80 Å². The van der Waals surface area contributed by atoms with Crippen molar-refractivity contribution in [3.8, 4) is 41.8 Å². The van der Waals surface area contributed by atoms with E-state index in [2.05, 4.69) is 237 Å². The van der Waals surface area contributed by atoms with Gasteiger partial charge in [-0.25, -0.2) is 0 Å². The Morgan fingerprint density at radius 2 is 0.639 bits per heavy atom. The molecule has 0 aliphatic rings. The average Bonchev–Trinajstić information content (AvgIpc) is 4.10. The lowest BCUT2D eigenvalue weighted by atomic mass is 10.1. The Morgan fingerprint density at radius 3 is 0.984 bits per heavy atom. The number of fused-ring (bicyclic) bond motifs is 1. The molecule has 0 unspecified atom stereocenters. The van der Waals surface area contributed by atoms with Crippen LogP contribution in [0.15, 0.2) is 191 Å². The highest BCUT2D eigenvalue weighted by Gasteiger charge is 2.19. The van der Waals surface area contributed by atoms with Gasteiger partial charge in [0.15, 0.2) is 0 Å². The first kappa shape index (κ1) is 39.5. The largest absolute Gasteiger partial charge is 0.311 e. The molecule has 0 aliphatic carbocycles. The lowest BCUT2D eigenvalue weighted by Gasteiger charge is -2.25. The maximum atomic E-state index is 4.84. The van der Waals surface area contributed by atoms with Gasteiger partial charge in [0.1, 0.15) is 11.0 Å². The normalized spacial score (nSPS) is 11.3. The summed E-state index contributed by atoms with van der Waals surface area (Å²) in [5.74, 6) is 0. The van der Waals surface area contributed by atoms with E-state index in [1.807, 2.05) is 0 Å². The molecule has 0 saturated heterocycles. The van der Waals surface area contributed by atoms with Crippen LogP contribution in [0.4, 0.5) is 34.1 Å². The summed E-state index contributed by atoms with van der Waals surface area (Å²) in [5.41, 5.74) is 15.6. The summed E-state index contributed by atoms with van der Waals surface area (Å²) in [6, 6.07) is 65.3. The Balaban J connectivity index is 0.901. The van der Waals surface area contributed by atoms with Crippen LogP contribution in [0.25, 0.3) is 52.8 Å². The van der Waals surface area contributed by atoms with E-state index in [1.165, 1.54) is 53.5 Å². The van der Waals surface area contributed by atoms with Crippen LogP contribution in [0, 0.1) is 13.8 Å². The summed E-state index contributed by atoms with van der Waals surface area (Å²) < 4.78 is 11.8. The van der Waals surface area contributed by atoms with E-state index in [0.717, 1.165) is 65.2 Å². The lowest BCUT2D eigenvalue weighted by Crippen LogP contribution is -2.09. The Hall–Kier alpha value is -5.68. The molecule has 0 saturated carbocycles. The number of aromatic nitrogens is 2. The molecule has 10 aromatic rings. The number of nitrogens with zero attached hydrogens (tertiary/aromatic N) is 4. The molecule has 7 aromatic carbocycles. The summed E-state index contributed by atoms with van der Waals surface area (Å²) in [6.07, 6.45) is 0. The molecular formula is C52H36Br2N4S3. The van der Waals surface area contributed by atoms with Crippen molar-refractivity contribution in [3.05, 3.63) is 202 Å². The van der Waals surface area contributed by atoms with Crippen molar-refractivity contribution in [1.82, 2.24) is 8.75 Å². The molecule has 3 aromatic heterocycles. The van der Waals surface area contributed by atoms with Crippen molar-refractivity contribution < 1.29 is 0 Å². The quantitative estimate of drug-likeness (QED) is 0.137. The zero-order chi connectivity index (χ0) is 41.5. The van der Waals surface area contributed by atoms with E-state index >= 15 is 0 Å². The Labute approximate surface area is 384 Å². The van der Waals surface area contributed by atoms with E-state index in [9.17, 15) is 0 Å². The Kier molecular flexibility index (Phi) is 11.0. The number of hydrogen-bond acceptors (Lipinski definition) is 7. The molecule has 0 spiro atoms. The minimum Gasteiger partial charge on any atom is -0.311 e. The van der Waals surface area contributed by atoms with Crippen LogP contribution in [-0.2, 0) is 0 Å². The standard InChI is InChI=1S/C52H36Br2N4S3/c1-33-3-15-39(16-4-33)57(43-23-11-37(53)12-24-43)41-19-7-35(8-20-41)47-29-31-49(59-47)45-27-28-46(52-51(45)55-61-56-52)50-32-30-48(60-50)36-9-21-42(22-10-36)58(40-17-5-34(2)6-18-40)44-25-13-38(54)14-26-44/h3-32H,1-2H3. The van der Waals surface area contributed by atoms with Crippen LogP contribution in [0.2, 0.25) is 0 Å². The SMILES string of the molecule is Cc1ccc(N(c2ccc(Br)cc2)c2ccc(-c3ccc(-c4ccc(-c5ccc(-c6ccc(N(c7ccc(C)cc7)c7ccc(Br)cc7)cc6)s5)c5nsnc45)s3)cc2)cc1. The van der Waals surface area contributed by atoms with Crippen LogP contribution in [0.5, 0.6) is 0 Å². The zero-order valence-corrected chi connectivity index (χ0v) is 38.7. The van der Waals surface area contributed by atoms with Gasteiger partial charge in [-0.2, -0.15) is 8.75 Å². The average molecular weight is 973 g/mol. The highest BCUT2D eigenvalue weighted by atomic mass is 79.9. The predicted molar refractivity (Wildman–Crippen MR) is 269 cm³/mol.